The number of halogens is 1. The Labute approximate surface area is 139 Å². The van der Waals surface area contributed by atoms with E-state index < -0.39 is 0 Å². The normalized spacial score (nSPS) is 11.1. The lowest BCUT2D eigenvalue weighted by atomic mass is 10.1. The number of furan rings is 1. The molecule has 2 N–H and O–H groups in total. The fourth-order valence-electron chi connectivity index (χ4n) is 1.54. The van der Waals surface area contributed by atoms with Crippen LogP contribution in [0.4, 0.5) is 0 Å². The maximum Gasteiger partial charge on any atom is 0.191 e. The SMILES string of the molecule is C=CCNC(=NCCC(C)C)NCCc1ccco1.I. The number of hydrogen-bond donors (Lipinski definition) is 2. The largest absolute Gasteiger partial charge is 0.469 e. The Balaban J connectivity index is 0.00000361. The zero-order valence-electron chi connectivity index (χ0n) is 12.4. The van der Waals surface area contributed by atoms with Crippen molar-refractivity contribution in [3.8, 4) is 0 Å². The minimum atomic E-state index is 0. The smallest absolute Gasteiger partial charge is 0.191 e. The summed E-state index contributed by atoms with van der Waals surface area (Å²) in [5.74, 6) is 2.50. The lowest BCUT2D eigenvalue weighted by molar-refractivity contribution is 0.506. The number of hydrogen-bond acceptors (Lipinski definition) is 2. The van der Waals surface area contributed by atoms with E-state index in [1.54, 1.807) is 6.26 Å². The van der Waals surface area contributed by atoms with E-state index in [1.807, 2.05) is 18.2 Å². The third-order valence-corrected chi connectivity index (χ3v) is 2.63. The van der Waals surface area contributed by atoms with Crippen LogP contribution in [0.1, 0.15) is 26.0 Å². The Hall–Kier alpha value is -0.980. The first-order chi connectivity index (χ1) is 9.22. The minimum absolute atomic E-state index is 0. The Kier molecular flexibility index (Phi) is 11.2. The standard InChI is InChI=1S/C15H25N3O.HI/c1-4-9-16-15(17-10-7-13(2)3)18-11-8-14-6-5-12-19-14;/h4-6,12-13H,1,7-11H2,2-3H3,(H2,16,17,18);1H. The molecule has 20 heavy (non-hydrogen) atoms. The lowest BCUT2D eigenvalue weighted by Gasteiger charge is -2.11. The van der Waals surface area contributed by atoms with E-state index in [1.165, 1.54) is 0 Å². The molecule has 1 heterocycles. The summed E-state index contributed by atoms with van der Waals surface area (Å²) in [7, 11) is 0. The van der Waals surface area contributed by atoms with Crippen molar-refractivity contribution in [3.63, 3.8) is 0 Å². The van der Waals surface area contributed by atoms with Crippen LogP contribution in [-0.4, -0.2) is 25.6 Å². The van der Waals surface area contributed by atoms with Crippen molar-refractivity contribution in [2.75, 3.05) is 19.6 Å². The third-order valence-electron chi connectivity index (χ3n) is 2.63. The zero-order chi connectivity index (χ0) is 13.9. The van der Waals surface area contributed by atoms with Crippen LogP contribution in [0, 0.1) is 5.92 Å². The van der Waals surface area contributed by atoms with Crippen LogP contribution in [-0.2, 0) is 6.42 Å². The molecular weight excluding hydrogens is 365 g/mol. The van der Waals surface area contributed by atoms with Gasteiger partial charge in [0.15, 0.2) is 5.96 Å². The average Bonchev–Trinajstić information content (AvgIpc) is 2.88. The molecule has 1 aromatic rings. The second-order valence-corrected chi connectivity index (χ2v) is 4.84. The summed E-state index contributed by atoms with van der Waals surface area (Å²) in [6.07, 6.45) is 5.47. The van der Waals surface area contributed by atoms with Gasteiger partial charge >= 0.3 is 0 Å². The molecule has 0 aliphatic heterocycles. The van der Waals surface area contributed by atoms with Gasteiger partial charge in [0.25, 0.3) is 0 Å². The Morgan fingerprint density at radius 3 is 2.85 bits per heavy atom. The topological polar surface area (TPSA) is 49.6 Å². The first kappa shape index (κ1) is 19.0. The first-order valence-corrected chi connectivity index (χ1v) is 6.88. The molecule has 5 heteroatoms. The summed E-state index contributed by atoms with van der Waals surface area (Å²) in [4.78, 5) is 4.54. The first-order valence-electron chi connectivity index (χ1n) is 6.88. The predicted molar refractivity (Wildman–Crippen MR) is 95.8 cm³/mol. The van der Waals surface area contributed by atoms with Gasteiger partial charge in [0, 0.05) is 26.1 Å². The number of rotatable bonds is 8. The number of nitrogens with zero attached hydrogens (tertiary/aromatic N) is 1. The van der Waals surface area contributed by atoms with E-state index >= 15 is 0 Å². The van der Waals surface area contributed by atoms with E-state index in [2.05, 4.69) is 36.1 Å². The molecule has 0 spiro atoms. The van der Waals surface area contributed by atoms with Gasteiger partial charge in [-0.3, -0.25) is 4.99 Å². The number of guanidine groups is 1. The van der Waals surface area contributed by atoms with E-state index in [4.69, 9.17) is 4.42 Å². The van der Waals surface area contributed by atoms with E-state index in [-0.39, 0.29) is 24.0 Å². The highest BCUT2D eigenvalue weighted by atomic mass is 127. The number of aliphatic imine (C=N–C) groups is 1. The second kappa shape index (κ2) is 11.8. The van der Waals surface area contributed by atoms with E-state index in [9.17, 15) is 0 Å². The van der Waals surface area contributed by atoms with Crippen LogP contribution in [0.2, 0.25) is 0 Å². The molecular formula is C15H26IN3O. The van der Waals surface area contributed by atoms with Gasteiger partial charge in [0.1, 0.15) is 5.76 Å². The van der Waals surface area contributed by atoms with Gasteiger partial charge in [-0.2, -0.15) is 0 Å². The monoisotopic (exact) mass is 391 g/mol. The van der Waals surface area contributed by atoms with Crippen molar-refractivity contribution < 1.29 is 4.42 Å². The van der Waals surface area contributed by atoms with Crippen LogP contribution < -0.4 is 10.6 Å². The molecule has 0 radical (unpaired) electrons. The van der Waals surface area contributed by atoms with Gasteiger partial charge in [-0.1, -0.05) is 19.9 Å². The molecule has 114 valence electrons. The fourth-order valence-corrected chi connectivity index (χ4v) is 1.54. The minimum Gasteiger partial charge on any atom is -0.469 e. The molecule has 4 nitrogen and oxygen atoms in total. The van der Waals surface area contributed by atoms with Crippen molar-refractivity contribution in [1.29, 1.82) is 0 Å². The highest BCUT2D eigenvalue weighted by Gasteiger charge is 1.99. The molecule has 0 aliphatic carbocycles. The molecule has 0 saturated carbocycles. The highest BCUT2D eigenvalue weighted by Crippen LogP contribution is 2.00. The van der Waals surface area contributed by atoms with Gasteiger partial charge in [-0.05, 0) is 24.5 Å². The second-order valence-electron chi connectivity index (χ2n) is 4.84. The van der Waals surface area contributed by atoms with Crippen molar-refractivity contribution in [2.45, 2.75) is 26.7 Å². The van der Waals surface area contributed by atoms with Gasteiger partial charge in [0.05, 0.1) is 6.26 Å². The maximum atomic E-state index is 5.29. The summed E-state index contributed by atoms with van der Waals surface area (Å²) < 4.78 is 5.29. The van der Waals surface area contributed by atoms with Crippen LogP contribution in [0.25, 0.3) is 0 Å². The molecule has 1 aromatic heterocycles. The molecule has 0 atom stereocenters. The molecule has 0 aliphatic rings. The van der Waals surface area contributed by atoms with E-state index in [0.29, 0.717) is 12.5 Å². The highest BCUT2D eigenvalue weighted by molar-refractivity contribution is 14.0. The molecule has 0 aromatic carbocycles. The Morgan fingerprint density at radius 1 is 1.45 bits per heavy atom. The third kappa shape index (κ3) is 9.01. The molecule has 0 unspecified atom stereocenters. The summed E-state index contributed by atoms with van der Waals surface area (Å²) in [5, 5.41) is 6.51. The molecule has 0 fully saturated rings. The lowest BCUT2D eigenvalue weighted by Crippen LogP contribution is -2.38. The van der Waals surface area contributed by atoms with Crippen LogP contribution in [0.3, 0.4) is 0 Å². The van der Waals surface area contributed by atoms with Crippen LogP contribution in [0.15, 0.2) is 40.5 Å². The van der Waals surface area contributed by atoms with Gasteiger partial charge in [0.2, 0.25) is 0 Å². The summed E-state index contributed by atoms with van der Waals surface area (Å²) in [6, 6.07) is 3.89. The molecule has 1 rings (SSSR count). The van der Waals surface area contributed by atoms with Crippen molar-refractivity contribution in [1.82, 2.24) is 10.6 Å². The molecule has 0 amide bonds. The fraction of sp³-hybridized carbons (Fsp3) is 0.533. The summed E-state index contributed by atoms with van der Waals surface area (Å²) in [6.45, 7) is 10.5. The number of nitrogens with one attached hydrogen (secondary N) is 2. The van der Waals surface area contributed by atoms with Crippen molar-refractivity contribution in [2.24, 2.45) is 10.9 Å². The molecule has 0 bridgehead atoms. The van der Waals surface area contributed by atoms with Crippen molar-refractivity contribution in [3.05, 3.63) is 36.8 Å². The Morgan fingerprint density at radius 2 is 2.25 bits per heavy atom. The average molecular weight is 391 g/mol. The summed E-state index contributed by atoms with van der Waals surface area (Å²) >= 11 is 0. The summed E-state index contributed by atoms with van der Waals surface area (Å²) in [5.41, 5.74) is 0. The van der Waals surface area contributed by atoms with Crippen LogP contribution >= 0.6 is 24.0 Å². The van der Waals surface area contributed by atoms with Crippen LogP contribution in [0.5, 0.6) is 0 Å². The van der Waals surface area contributed by atoms with Crippen molar-refractivity contribution >= 4 is 29.9 Å². The zero-order valence-corrected chi connectivity index (χ0v) is 14.7. The maximum absolute atomic E-state index is 5.29. The van der Waals surface area contributed by atoms with Gasteiger partial charge in [-0.25, -0.2) is 0 Å². The Bertz CT molecular complexity index is 374. The van der Waals surface area contributed by atoms with E-state index in [0.717, 1.165) is 37.7 Å². The van der Waals surface area contributed by atoms with Gasteiger partial charge < -0.3 is 15.1 Å². The quantitative estimate of drug-likeness (QED) is 0.310. The predicted octanol–water partition coefficient (Wildman–Crippen LogP) is 3.21. The van der Waals surface area contributed by atoms with Gasteiger partial charge in [-0.15, -0.1) is 30.6 Å². The molecule has 0 saturated heterocycles.